The summed E-state index contributed by atoms with van der Waals surface area (Å²) in [6.07, 6.45) is 1.45. The third kappa shape index (κ3) is 3.92. The highest BCUT2D eigenvalue weighted by molar-refractivity contribution is 8.02. The molecule has 2 unspecified atom stereocenters. The summed E-state index contributed by atoms with van der Waals surface area (Å²) in [5.74, 6) is -1.77. The monoisotopic (exact) mass is 487 g/mol. The number of rotatable bonds is 6. The number of benzene rings is 1. The number of aliphatic hydroxyl groups is 1. The first-order valence-corrected chi connectivity index (χ1v) is 13.0. The first kappa shape index (κ1) is 25.0. The SMILES string of the molecule is CC(C)[C@H](CO)N1C(=O)[C@@H]2[C@H](C(=O)Nc3ccccc3)[C@]3(C)CCC2(S3)C1C(=O)NC(C)(C)C. The van der Waals surface area contributed by atoms with Gasteiger partial charge >= 0.3 is 0 Å². The molecule has 3 N–H and O–H groups in total. The van der Waals surface area contributed by atoms with Crippen LogP contribution in [0.2, 0.25) is 0 Å². The Labute approximate surface area is 206 Å². The number of nitrogens with one attached hydrogen (secondary N) is 2. The lowest BCUT2D eigenvalue weighted by Crippen LogP contribution is -2.60. The third-order valence-corrected chi connectivity index (χ3v) is 9.58. The van der Waals surface area contributed by atoms with Crippen molar-refractivity contribution in [2.45, 2.75) is 81.5 Å². The van der Waals surface area contributed by atoms with Gasteiger partial charge in [-0.1, -0.05) is 32.0 Å². The normalized spacial score (nSPS) is 33.2. The van der Waals surface area contributed by atoms with E-state index in [2.05, 4.69) is 17.6 Å². The van der Waals surface area contributed by atoms with Crippen molar-refractivity contribution >= 4 is 35.2 Å². The minimum absolute atomic E-state index is 0.0384. The van der Waals surface area contributed by atoms with Crippen LogP contribution >= 0.6 is 11.8 Å². The second-order valence-corrected chi connectivity index (χ2v) is 13.5. The van der Waals surface area contributed by atoms with E-state index in [-0.39, 0.29) is 30.2 Å². The molecule has 8 heteroatoms. The molecular weight excluding hydrogens is 450 g/mol. The van der Waals surface area contributed by atoms with Crippen LogP contribution in [0, 0.1) is 17.8 Å². The van der Waals surface area contributed by atoms with Crippen molar-refractivity contribution in [3.05, 3.63) is 30.3 Å². The first-order chi connectivity index (χ1) is 15.8. The Morgan fingerprint density at radius 2 is 1.82 bits per heavy atom. The Balaban J connectivity index is 1.77. The number of hydrogen-bond donors (Lipinski definition) is 3. The molecule has 1 spiro atoms. The number of carbonyl (C=O) groups excluding carboxylic acids is 3. The second-order valence-electron chi connectivity index (χ2n) is 11.6. The molecule has 1 aromatic carbocycles. The van der Waals surface area contributed by atoms with E-state index in [1.165, 1.54) is 0 Å². The van der Waals surface area contributed by atoms with Gasteiger partial charge in [0.1, 0.15) is 6.04 Å². The molecule has 7 nitrogen and oxygen atoms in total. The van der Waals surface area contributed by atoms with E-state index < -0.39 is 39.0 Å². The highest BCUT2D eigenvalue weighted by Gasteiger charge is 2.77. The molecule has 3 aliphatic rings. The Morgan fingerprint density at radius 1 is 1.18 bits per heavy atom. The Kier molecular flexibility index (Phi) is 6.30. The van der Waals surface area contributed by atoms with Crippen LogP contribution in [-0.2, 0) is 14.4 Å². The summed E-state index contributed by atoms with van der Waals surface area (Å²) >= 11 is 1.64. The quantitative estimate of drug-likeness (QED) is 0.573. The predicted octanol–water partition coefficient (Wildman–Crippen LogP) is 3.04. The molecule has 3 saturated heterocycles. The largest absolute Gasteiger partial charge is 0.394 e. The highest BCUT2D eigenvalue weighted by atomic mass is 32.2. The number of anilines is 1. The number of hydrogen-bond acceptors (Lipinski definition) is 5. The molecular formula is C26H37N3O4S. The van der Waals surface area contributed by atoms with Gasteiger partial charge in [0.2, 0.25) is 17.7 Å². The van der Waals surface area contributed by atoms with Gasteiger partial charge in [0.05, 0.1) is 29.2 Å². The number of likely N-dealkylation sites (tertiary alicyclic amines) is 1. The zero-order valence-corrected chi connectivity index (χ0v) is 21.7. The van der Waals surface area contributed by atoms with Crippen LogP contribution in [-0.4, -0.2) is 61.5 Å². The minimum atomic E-state index is -0.731. The Morgan fingerprint density at radius 3 is 2.38 bits per heavy atom. The van der Waals surface area contributed by atoms with Gasteiger partial charge in [-0.15, -0.1) is 11.8 Å². The van der Waals surface area contributed by atoms with Gasteiger partial charge in [0.15, 0.2) is 0 Å². The number of fused-ring (bicyclic) bond motifs is 1. The van der Waals surface area contributed by atoms with Crippen LogP contribution in [0.15, 0.2) is 30.3 Å². The van der Waals surface area contributed by atoms with Crippen molar-refractivity contribution in [1.82, 2.24) is 10.2 Å². The molecule has 0 aromatic heterocycles. The fraction of sp³-hybridized carbons (Fsp3) is 0.654. The van der Waals surface area contributed by atoms with Crippen LogP contribution in [0.1, 0.15) is 54.4 Å². The Bertz CT molecular complexity index is 978. The van der Waals surface area contributed by atoms with Crippen molar-refractivity contribution in [2.24, 2.45) is 17.8 Å². The summed E-state index contributed by atoms with van der Waals surface area (Å²) < 4.78 is -1.12. The summed E-state index contributed by atoms with van der Waals surface area (Å²) in [4.78, 5) is 43.1. The van der Waals surface area contributed by atoms with E-state index >= 15 is 0 Å². The maximum Gasteiger partial charge on any atom is 0.244 e. The van der Waals surface area contributed by atoms with Gasteiger partial charge in [0.25, 0.3) is 0 Å². The molecule has 3 aliphatic heterocycles. The van der Waals surface area contributed by atoms with Crippen molar-refractivity contribution in [3.8, 4) is 0 Å². The second kappa shape index (κ2) is 8.55. The Hall–Kier alpha value is -2.06. The lowest BCUT2D eigenvalue weighted by molar-refractivity contribution is -0.143. The van der Waals surface area contributed by atoms with Gasteiger partial charge in [-0.05, 0) is 58.6 Å². The highest BCUT2D eigenvalue weighted by Crippen LogP contribution is 2.71. The van der Waals surface area contributed by atoms with Crippen LogP contribution in [0.5, 0.6) is 0 Å². The third-order valence-electron chi connectivity index (χ3n) is 7.60. The van der Waals surface area contributed by atoms with Crippen LogP contribution < -0.4 is 10.6 Å². The number of para-hydroxylation sites is 1. The molecule has 3 amide bonds. The van der Waals surface area contributed by atoms with E-state index in [0.29, 0.717) is 12.1 Å². The van der Waals surface area contributed by atoms with Crippen LogP contribution in [0.25, 0.3) is 0 Å². The van der Waals surface area contributed by atoms with Gasteiger partial charge in [-0.3, -0.25) is 14.4 Å². The van der Waals surface area contributed by atoms with E-state index in [9.17, 15) is 19.5 Å². The lowest BCUT2D eigenvalue weighted by Gasteiger charge is -2.39. The van der Waals surface area contributed by atoms with Crippen molar-refractivity contribution in [2.75, 3.05) is 11.9 Å². The first-order valence-electron chi connectivity index (χ1n) is 12.2. The van der Waals surface area contributed by atoms with Crippen LogP contribution in [0.3, 0.4) is 0 Å². The molecule has 2 bridgehead atoms. The molecule has 3 heterocycles. The summed E-state index contributed by atoms with van der Waals surface area (Å²) in [5, 5.41) is 16.3. The molecule has 186 valence electrons. The number of aliphatic hydroxyl groups excluding tert-OH is 1. The molecule has 0 saturated carbocycles. The standard InChI is InChI=1S/C26H37N3O4S/c1-15(2)17(14-30)29-20(22(32)28-24(3,4)5)26-13-12-25(6,34-26)18(19(26)23(29)33)21(31)27-16-10-8-7-9-11-16/h7-11,15,17-20,30H,12-14H2,1-6H3,(H,27,31)(H,28,32)/t17-,18+,19-,20?,25-,26?/m0/s1. The predicted molar refractivity (Wildman–Crippen MR) is 134 cm³/mol. The maximum absolute atomic E-state index is 14.1. The fourth-order valence-corrected chi connectivity index (χ4v) is 8.56. The van der Waals surface area contributed by atoms with E-state index in [1.807, 2.05) is 65.0 Å². The summed E-state index contributed by atoms with van der Waals surface area (Å²) in [6, 6.07) is 8.05. The van der Waals surface area contributed by atoms with Gasteiger partial charge in [-0.2, -0.15) is 0 Å². The van der Waals surface area contributed by atoms with Gasteiger partial charge in [0, 0.05) is 16.0 Å². The van der Waals surface area contributed by atoms with E-state index in [0.717, 1.165) is 6.42 Å². The average molecular weight is 488 g/mol. The topological polar surface area (TPSA) is 98.7 Å². The summed E-state index contributed by atoms with van der Waals surface area (Å²) in [5.41, 5.74) is 0.222. The number of amides is 3. The molecule has 34 heavy (non-hydrogen) atoms. The van der Waals surface area contributed by atoms with Gasteiger partial charge in [-0.25, -0.2) is 0 Å². The van der Waals surface area contributed by atoms with E-state index in [1.54, 1.807) is 16.7 Å². The zero-order chi connectivity index (χ0) is 25.1. The fourth-order valence-electron chi connectivity index (χ4n) is 6.22. The summed E-state index contributed by atoms with van der Waals surface area (Å²) in [7, 11) is 0. The average Bonchev–Trinajstić information content (AvgIpc) is 3.29. The molecule has 6 atom stereocenters. The van der Waals surface area contributed by atoms with Crippen molar-refractivity contribution in [3.63, 3.8) is 0 Å². The summed E-state index contributed by atoms with van der Waals surface area (Å²) in [6.45, 7) is 11.5. The molecule has 0 aliphatic carbocycles. The number of thioether (sulfide) groups is 1. The number of nitrogens with zero attached hydrogens (tertiary/aromatic N) is 1. The minimum Gasteiger partial charge on any atom is -0.394 e. The molecule has 0 radical (unpaired) electrons. The smallest absolute Gasteiger partial charge is 0.244 e. The molecule has 1 aromatic rings. The maximum atomic E-state index is 14.1. The van der Waals surface area contributed by atoms with Crippen LogP contribution in [0.4, 0.5) is 5.69 Å². The van der Waals surface area contributed by atoms with Gasteiger partial charge < -0.3 is 20.6 Å². The van der Waals surface area contributed by atoms with E-state index in [4.69, 9.17) is 0 Å². The van der Waals surface area contributed by atoms with Crippen molar-refractivity contribution in [1.29, 1.82) is 0 Å². The molecule has 4 rings (SSSR count). The molecule has 3 fully saturated rings. The zero-order valence-electron chi connectivity index (χ0n) is 20.9. The lowest BCUT2D eigenvalue weighted by atomic mass is 9.66. The number of carbonyl (C=O) groups is 3. The van der Waals surface area contributed by atoms with Crippen molar-refractivity contribution < 1.29 is 19.5 Å².